The van der Waals surface area contributed by atoms with Gasteiger partial charge in [-0.05, 0) is 43.4 Å². The second-order valence-electron chi connectivity index (χ2n) is 6.81. The largest absolute Gasteiger partial charge is 0.365 e. The fourth-order valence-electron chi connectivity index (χ4n) is 3.27. The zero-order valence-corrected chi connectivity index (χ0v) is 15.9. The lowest BCUT2D eigenvalue weighted by molar-refractivity contribution is 0.100. The number of pyridine rings is 1. The zero-order chi connectivity index (χ0) is 20.2. The number of halogens is 2. The summed E-state index contributed by atoms with van der Waals surface area (Å²) in [4.78, 5) is 29.1. The summed E-state index contributed by atoms with van der Waals surface area (Å²) in [7, 11) is 1.63. The summed E-state index contributed by atoms with van der Waals surface area (Å²) in [5.41, 5.74) is 7.02. The first-order valence-corrected chi connectivity index (χ1v) is 9.45. The zero-order valence-electron chi connectivity index (χ0n) is 15.1. The molecule has 0 saturated heterocycles. The number of anilines is 1. The van der Waals surface area contributed by atoms with Gasteiger partial charge in [0.2, 0.25) is 0 Å². The molecule has 28 heavy (non-hydrogen) atoms. The molecule has 10 heteroatoms. The highest BCUT2D eigenvalue weighted by Crippen LogP contribution is 2.48. The number of thiophene rings is 1. The van der Waals surface area contributed by atoms with Gasteiger partial charge in [0.25, 0.3) is 18.2 Å². The second kappa shape index (κ2) is 6.62. The van der Waals surface area contributed by atoms with Gasteiger partial charge in [-0.25, -0.2) is 13.8 Å². The van der Waals surface area contributed by atoms with E-state index in [4.69, 9.17) is 5.73 Å². The Hall–Kier alpha value is -2.88. The summed E-state index contributed by atoms with van der Waals surface area (Å²) in [6.45, 7) is 1.76. The van der Waals surface area contributed by atoms with Crippen molar-refractivity contribution in [3.63, 3.8) is 0 Å². The summed E-state index contributed by atoms with van der Waals surface area (Å²) in [5, 5.41) is 7.39. The van der Waals surface area contributed by atoms with Gasteiger partial charge >= 0.3 is 0 Å². The van der Waals surface area contributed by atoms with Crippen LogP contribution in [0.2, 0.25) is 0 Å². The van der Waals surface area contributed by atoms with E-state index in [1.165, 1.54) is 10.7 Å². The molecule has 1 aliphatic rings. The first-order valence-electron chi connectivity index (χ1n) is 8.63. The Kier molecular flexibility index (Phi) is 4.37. The number of hydrogen-bond acceptors (Lipinski definition) is 5. The molecule has 1 fully saturated rings. The number of nitrogens with two attached hydrogens (primary N) is 1. The number of nitrogens with one attached hydrogen (secondary N) is 1. The van der Waals surface area contributed by atoms with Gasteiger partial charge in [-0.1, -0.05) is 0 Å². The number of fused-ring (bicyclic) bond motifs is 1. The standard InChI is InChI=1S/C18H17F2N5O2S/c1-7-5-11(25(2)24-7)17(27)23-13-12-9(8-3-4-8)6-10(15(19)20)22-18(12)28-14(13)16(21)26/h5-6,8,15H,3-4H2,1-2H3,(H2,21,26)(H,23,27). The van der Waals surface area contributed by atoms with E-state index < -0.39 is 18.2 Å². The Bertz CT molecular complexity index is 1120. The molecule has 0 radical (unpaired) electrons. The van der Waals surface area contributed by atoms with Gasteiger partial charge in [0, 0.05) is 12.4 Å². The number of aromatic nitrogens is 3. The number of amides is 2. The first kappa shape index (κ1) is 18.5. The van der Waals surface area contributed by atoms with Crippen molar-refractivity contribution < 1.29 is 18.4 Å². The van der Waals surface area contributed by atoms with Gasteiger partial charge in [-0.15, -0.1) is 11.3 Å². The minimum absolute atomic E-state index is 0.0862. The SMILES string of the molecule is Cc1cc(C(=O)Nc2c(C(N)=O)sc3nc(C(F)F)cc(C4CC4)c23)n(C)n1. The van der Waals surface area contributed by atoms with E-state index in [0.717, 1.165) is 24.2 Å². The van der Waals surface area contributed by atoms with Gasteiger partial charge < -0.3 is 11.1 Å². The lowest BCUT2D eigenvalue weighted by Crippen LogP contribution is -2.19. The summed E-state index contributed by atoms with van der Waals surface area (Å²) in [6, 6.07) is 2.98. The molecular formula is C18H17F2N5O2S. The van der Waals surface area contributed by atoms with Crippen molar-refractivity contribution in [1.82, 2.24) is 14.8 Å². The van der Waals surface area contributed by atoms with Gasteiger partial charge in [0.15, 0.2) is 0 Å². The molecular weight excluding hydrogens is 388 g/mol. The maximum absolute atomic E-state index is 13.3. The highest BCUT2D eigenvalue weighted by molar-refractivity contribution is 7.21. The molecule has 7 nitrogen and oxygen atoms in total. The van der Waals surface area contributed by atoms with Crippen molar-refractivity contribution in [1.29, 1.82) is 0 Å². The van der Waals surface area contributed by atoms with Crippen LogP contribution in [0.3, 0.4) is 0 Å². The first-order chi connectivity index (χ1) is 13.3. The van der Waals surface area contributed by atoms with Crippen LogP contribution in [-0.2, 0) is 7.05 Å². The number of aryl methyl sites for hydroxylation is 2. The van der Waals surface area contributed by atoms with Crippen molar-refractivity contribution in [3.05, 3.63) is 39.7 Å². The molecule has 2 amide bonds. The van der Waals surface area contributed by atoms with E-state index >= 15 is 0 Å². The topological polar surface area (TPSA) is 103 Å². The van der Waals surface area contributed by atoms with E-state index in [-0.39, 0.29) is 27.0 Å². The van der Waals surface area contributed by atoms with Crippen molar-refractivity contribution in [2.24, 2.45) is 12.8 Å². The Balaban J connectivity index is 1.88. The minimum Gasteiger partial charge on any atom is -0.365 e. The van der Waals surface area contributed by atoms with Crippen LogP contribution in [0, 0.1) is 6.92 Å². The van der Waals surface area contributed by atoms with E-state index in [1.54, 1.807) is 20.0 Å². The number of carbonyl (C=O) groups is 2. The van der Waals surface area contributed by atoms with Crippen LogP contribution >= 0.6 is 11.3 Å². The quantitative estimate of drug-likeness (QED) is 0.678. The average molecular weight is 405 g/mol. The molecule has 4 rings (SSSR count). The predicted molar refractivity (Wildman–Crippen MR) is 101 cm³/mol. The van der Waals surface area contributed by atoms with Crippen LogP contribution in [0.25, 0.3) is 10.2 Å². The van der Waals surface area contributed by atoms with E-state index in [0.29, 0.717) is 22.3 Å². The lowest BCUT2D eigenvalue weighted by atomic mass is 10.0. The number of primary amides is 1. The Morgan fingerprint density at radius 3 is 2.61 bits per heavy atom. The van der Waals surface area contributed by atoms with Gasteiger partial charge in [0.05, 0.1) is 11.4 Å². The maximum Gasteiger partial charge on any atom is 0.280 e. The number of rotatable bonds is 5. The van der Waals surface area contributed by atoms with Gasteiger partial charge in [-0.2, -0.15) is 5.10 Å². The van der Waals surface area contributed by atoms with Gasteiger partial charge in [-0.3, -0.25) is 14.3 Å². The monoisotopic (exact) mass is 405 g/mol. The number of alkyl halides is 2. The molecule has 1 saturated carbocycles. The normalized spacial score (nSPS) is 14.0. The minimum atomic E-state index is -2.73. The van der Waals surface area contributed by atoms with Crippen LogP contribution in [0.5, 0.6) is 0 Å². The number of hydrogen-bond donors (Lipinski definition) is 2. The molecule has 0 aromatic carbocycles. The molecule has 3 aromatic rings. The summed E-state index contributed by atoms with van der Waals surface area (Å²) in [6.07, 6.45) is -1.01. The molecule has 3 aromatic heterocycles. The Labute approximate surface area is 162 Å². The van der Waals surface area contributed by atoms with Gasteiger partial charge in [0.1, 0.15) is 21.1 Å². The van der Waals surface area contributed by atoms with E-state index in [1.807, 2.05) is 0 Å². The summed E-state index contributed by atoms with van der Waals surface area (Å²) in [5.74, 6) is -1.11. The molecule has 0 unspecified atom stereocenters. The van der Waals surface area contributed by atoms with Crippen LogP contribution < -0.4 is 11.1 Å². The predicted octanol–water partition coefficient (Wildman–Crippen LogP) is 3.50. The van der Waals surface area contributed by atoms with E-state index in [2.05, 4.69) is 15.4 Å². The second-order valence-corrected chi connectivity index (χ2v) is 7.81. The van der Waals surface area contributed by atoms with E-state index in [9.17, 15) is 18.4 Å². The van der Waals surface area contributed by atoms with Crippen LogP contribution in [-0.4, -0.2) is 26.6 Å². The smallest absolute Gasteiger partial charge is 0.280 e. The summed E-state index contributed by atoms with van der Waals surface area (Å²) >= 11 is 0.913. The molecule has 0 bridgehead atoms. The van der Waals surface area contributed by atoms with Crippen LogP contribution in [0.1, 0.15) is 62.3 Å². The molecule has 1 aliphatic carbocycles. The fraction of sp³-hybridized carbons (Fsp3) is 0.333. The third-order valence-electron chi connectivity index (χ3n) is 4.65. The summed E-state index contributed by atoms with van der Waals surface area (Å²) < 4.78 is 28.0. The molecule has 3 heterocycles. The molecule has 0 atom stereocenters. The highest BCUT2D eigenvalue weighted by atomic mass is 32.1. The van der Waals surface area contributed by atoms with Crippen LogP contribution in [0.4, 0.5) is 14.5 Å². The lowest BCUT2D eigenvalue weighted by Gasteiger charge is -2.10. The average Bonchev–Trinajstić information content (AvgIpc) is 3.32. The maximum atomic E-state index is 13.3. The van der Waals surface area contributed by atoms with Crippen molar-refractivity contribution >= 4 is 39.1 Å². The molecule has 146 valence electrons. The van der Waals surface area contributed by atoms with Crippen molar-refractivity contribution in [2.45, 2.75) is 32.1 Å². The van der Waals surface area contributed by atoms with Crippen LogP contribution in [0.15, 0.2) is 12.1 Å². The van der Waals surface area contributed by atoms with Crippen molar-refractivity contribution in [2.75, 3.05) is 5.32 Å². The van der Waals surface area contributed by atoms with Crippen molar-refractivity contribution in [3.8, 4) is 0 Å². The Morgan fingerprint density at radius 2 is 2.07 bits per heavy atom. The fourth-order valence-corrected chi connectivity index (χ4v) is 4.29. The molecule has 0 spiro atoms. The third kappa shape index (κ3) is 3.13. The number of nitrogens with zero attached hydrogens (tertiary/aromatic N) is 3. The third-order valence-corrected chi connectivity index (χ3v) is 5.75. The molecule has 3 N–H and O–H groups in total. The Morgan fingerprint density at radius 1 is 1.36 bits per heavy atom. The number of carbonyl (C=O) groups excluding carboxylic acids is 2. The highest BCUT2D eigenvalue weighted by Gasteiger charge is 2.32. The molecule has 0 aliphatic heterocycles.